The molecule has 0 amide bonds. The van der Waals surface area contributed by atoms with E-state index in [4.69, 9.17) is 0 Å². The van der Waals surface area contributed by atoms with E-state index in [2.05, 4.69) is 40.8 Å². The predicted molar refractivity (Wildman–Crippen MR) is 77.6 cm³/mol. The minimum Gasteiger partial charge on any atom is -0.384 e. The van der Waals surface area contributed by atoms with Gasteiger partial charge in [0.15, 0.2) is 0 Å². The molecule has 92 valence electrons. The molecule has 0 aromatic rings. The minimum absolute atomic E-state index is 0.753. The Bertz CT molecular complexity index is 380. The second-order valence-electron chi connectivity index (χ2n) is 3.63. The molecule has 17 heavy (non-hydrogen) atoms. The summed E-state index contributed by atoms with van der Waals surface area (Å²) >= 11 is 1.66. The van der Waals surface area contributed by atoms with E-state index in [-0.39, 0.29) is 0 Å². The Balaban J connectivity index is 2.57. The highest BCUT2D eigenvalue weighted by atomic mass is 32.2. The lowest BCUT2D eigenvalue weighted by Crippen LogP contribution is -2.23. The first-order valence-corrected chi connectivity index (χ1v) is 6.46. The Hall–Kier alpha value is -1.42. The zero-order valence-electron chi connectivity index (χ0n) is 10.4. The summed E-state index contributed by atoms with van der Waals surface area (Å²) in [5.74, 6) is 0. The quantitative estimate of drug-likeness (QED) is 0.759. The molecule has 0 fully saturated rings. The highest BCUT2D eigenvalue weighted by Crippen LogP contribution is 2.20. The molecule has 1 aliphatic rings. The first kappa shape index (κ1) is 13.6. The van der Waals surface area contributed by atoms with Crippen LogP contribution in [0, 0.1) is 0 Å². The fourth-order valence-electron chi connectivity index (χ4n) is 1.30. The van der Waals surface area contributed by atoms with Crippen molar-refractivity contribution in [2.45, 2.75) is 13.3 Å². The first-order chi connectivity index (χ1) is 8.19. The topological polar surface area (TPSA) is 27.6 Å². The van der Waals surface area contributed by atoms with Gasteiger partial charge >= 0.3 is 0 Å². The van der Waals surface area contributed by atoms with Crippen LogP contribution in [-0.2, 0) is 0 Å². The Morgan fingerprint density at radius 3 is 3.06 bits per heavy atom. The number of hydrogen-bond acceptors (Lipinski definition) is 4. The molecule has 0 saturated heterocycles. The Morgan fingerprint density at radius 2 is 2.41 bits per heavy atom. The number of allylic oxidation sites excluding steroid dienone is 2. The molecular weight excluding hydrogens is 230 g/mol. The van der Waals surface area contributed by atoms with E-state index in [0.29, 0.717) is 0 Å². The summed E-state index contributed by atoms with van der Waals surface area (Å²) < 4.78 is 0. The van der Waals surface area contributed by atoms with Crippen LogP contribution in [0.2, 0.25) is 0 Å². The molecule has 0 saturated carbocycles. The SMILES string of the molecule is C=N/C(=C\NCC1=CSC=CC(=C)N1C)CC. The molecular formula is C13H19N3S. The van der Waals surface area contributed by atoms with Crippen molar-refractivity contribution < 1.29 is 0 Å². The van der Waals surface area contributed by atoms with Gasteiger partial charge in [0.2, 0.25) is 0 Å². The second kappa shape index (κ2) is 7.01. The van der Waals surface area contributed by atoms with Gasteiger partial charge in [-0.05, 0) is 30.0 Å². The van der Waals surface area contributed by atoms with Crippen molar-refractivity contribution >= 4 is 18.5 Å². The van der Waals surface area contributed by atoms with E-state index >= 15 is 0 Å². The van der Waals surface area contributed by atoms with E-state index in [1.165, 1.54) is 5.70 Å². The van der Waals surface area contributed by atoms with E-state index < -0.39 is 0 Å². The van der Waals surface area contributed by atoms with Gasteiger partial charge in [0.1, 0.15) is 0 Å². The van der Waals surface area contributed by atoms with Crippen LogP contribution in [0.4, 0.5) is 0 Å². The highest BCUT2D eigenvalue weighted by Gasteiger charge is 2.07. The van der Waals surface area contributed by atoms with Gasteiger partial charge in [0.05, 0.1) is 12.2 Å². The van der Waals surface area contributed by atoms with Crippen molar-refractivity contribution in [2.75, 3.05) is 13.6 Å². The number of nitrogens with one attached hydrogen (secondary N) is 1. The normalized spacial score (nSPS) is 16.6. The monoisotopic (exact) mass is 249 g/mol. The van der Waals surface area contributed by atoms with Crippen molar-refractivity contribution in [2.24, 2.45) is 4.99 Å². The lowest BCUT2D eigenvalue weighted by atomic mass is 10.3. The van der Waals surface area contributed by atoms with E-state index in [1.54, 1.807) is 11.8 Å². The number of rotatable bonds is 5. The zero-order valence-corrected chi connectivity index (χ0v) is 11.3. The molecule has 1 aliphatic heterocycles. The van der Waals surface area contributed by atoms with Crippen molar-refractivity contribution in [3.8, 4) is 0 Å². The minimum atomic E-state index is 0.753. The Morgan fingerprint density at radius 1 is 1.65 bits per heavy atom. The molecule has 0 radical (unpaired) electrons. The van der Waals surface area contributed by atoms with Crippen molar-refractivity contribution in [1.29, 1.82) is 0 Å². The molecule has 0 atom stereocenters. The average Bonchev–Trinajstić information content (AvgIpc) is 2.50. The van der Waals surface area contributed by atoms with Crippen molar-refractivity contribution in [1.82, 2.24) is 10.2 Å². The number of thioether (sulfide) groups is 1. The number of hydrogen-bond donors (Lipinski definition) is 1. The van der Waals surface area contributed by atoms with Crippen molar-refractivity contribution in [3.05, 3.63) is 46.8 Å². The van der Waals surface area contributed by atoms with Crippen LogP contribution < -0.4 is 5.32 Å². The Labute approximate surface area is 108 Å². The standard InChI is InChI=1S/C13H19N3S/c1-5-12(14-3)8-15-9-13-10-17-7-6-11(2)16(13)4/h6-8,10,15H,2-3,5,9H2,1,4H3/b12-8-. The third-order valence-electron chi connectivity index (χ3n) is 2.52. The fraction of sp³-hybridized carbons (Fsp3) is 0.308. The van der Waals surface area contributed by atoms with Crippen molar-refractivity contribution in [3.63, 3.8) is 0 Å². The van der Waals surface area contributed by atoms with Gasteiger partial charge in [-0.1, -0.05) is 13.5 Å². The number of likely N-dealkylation sites (N-methyl/N-ethyl adjacent to an activating group) is 1. The van der Waals surface area contributed by atoms with Crippen LogP contribution in [0.25, 0.3) is 0 Å². The number of aliphatic imine (C=N–C) groups is 1. The highest BCUT2D eigenvalue weighted by molar-refractivity contribution is 8.04. The van der Waals surface area contributed by atoms with E-state index in [9.17, 15) is 0 Å². The molecule has 0 bridgehead atoms. The third-order valence-corrected chi connectivity index (χ3v) is 3.22. The molecule has 0 spiro atoms. The second-order valence-corrected chi connectivity index (χ2v) is 4.41. The maximum absolute atomic E-state index is 3.99. The summed E-state index contributed by atoms with van der Waals surface area (Å²) in [5, 5.41) is 7.39. The van der Waals surface area contributed by atoms with Crippen LogP contribution in [0.15, 0.2) is 51.8 Å². The molecule has 1 heterocycles. The molecule has 1 N–H and O–H groups in total. The average molecular weight is 249 g/mol. The fourth-order valence-corrected chi connectivity index (χ4v) is 2.02. The summed E-state index contributed by atoms with van der Waals surface area (Å²) in [6.07, 6.45) is 4.80. The van der Waals surface area contributed by atoms with Gasteiger partial charge in [0.25, 0.3) is 0 Å². The summed E-state index contributed by atoms with van der Waals surface area (Å²) in [4.78, 5) is 6.00. The summed E-state index contributed by atoms with van der Waals surface area (Å²) in [6, 6.07) is 0. The molecule has 1 rings (SSSR count). The predicted octanol–water partition coefficient (Wildman–Crippen LogP) is 3.08. The van der Waals surface area contributed by atoms with Crippen LogP contribution in [0.3, 0.4) is 0 Å². The smallest absolute Gasteiger partial charge is 0.0553 e. The van der Waals surface area contributed by atoms with Crippen LogP contribution in [0.5, 0.6) is 0 Å². The Kier molecular flexibility index (Phi) is 5.63. The lowest BCUT2D eigenvalue weighted by molar-refractivity contribution is 0.520. The van der Waals surface area contributed by atoms with Gasteiger partial charge in [0, 0.05) is 24.6 Å². The first-order valence-electron chi connectivity index (χ1n) is 5.52. The maximum atomic E-state index is 3.99. The largest absolute Gasteiger partial charge is 0.384 e. The van der Waals surface area contributed by atoms with Gasteiger partial charge in [-0.25, -0.2) is 0 Å². The van der Waals surface area contributed by atoms with E-state index in [1.807, 2.05) is 24.7 Å². The number of nitrogens with zero attached hydrogens (tertiary/aromatic N) is 2. The molecule has 3 nitrogen and oxygen atoms in total. The summed E-state index contributed by atoms with van der Waals surface area (Å²) in [5.41, 5.74) is 3.14. The third kappa shape index (κ3) is 4.15. The van der Waals surface area contributed by atoms with Gasteiger partial charge in [-0.2, -0.15) is 0 Å². The maximum Gasteiger partial charge on any atom is 0.0553 e. The van der Waals surface area contributed by atoms with Crippen LogP contribution >= 0.6 is 11.8 Å². The molecule has 0 unspecified atom stereocenters. The van der Waals surface area contributed by atoms with Gasteiger partial charge < -0.3 is 10.2 Å². The van der Waals surface area contributed by atoms with Crippen LogP contribution in [0.1, 0.15) is 13.3 Å². The van der Waals surface area contributed by atoms with Crippen LogP contribution in [-0.4, -0.2) is 25.2 Å². The molecule has 0 aromatic heterocycles. The summed E-state index contributed by atoms with van der Waals surface area (Å²) in [6.45, 7) is 10.3. The van der Waals surface area contributed by atoms with Gasteiger partial charge in [-0.3, -0.25) is 4.99 Å². The molecule has 0 aliphatic carbocycles. The van der Waals surface area contributed by atoms with E-state index in [0.717, 1.165) is 24.4 Å². The lowest BCUT2D eigenvalue weighted by Gasteiger charge is -2.21. The molecule has 4 heteroatoms. The zero-order chi connectivity index (χ0) is 12.7. The molecule has 0 aromatic carbocycles. The summed E-state index contributed by atoms with van der Waals surface area (Å²) in [7, 11) is 2.02. The van der Waals surface area contributed by atoms with Gasteiger partial charge in [-0.15, -0.1) is 11.8 Å².